The lowest BCUT2D eigenvalue weighted by Gasteiger charge is -2.13. The zero-order valence-electron chi connectivity index (χ0n) is 13.6. The number of anilines is 1. The highest BCUT2D eigenvalue weighted by Gasteiger charge is 2.18. The van der Waals surface area contributed by atoms with Crippen LogP contribution in [0.1, 0.15) is 10.4 Å². The summed E-state index contributed by atoms with van der Waals surface area (Å²) in [6, 6.07) is 11.9. The largest absolute Gasteiger partial charge is 0.493 e. The fraction of sp³-hybridized carbons (Fsp3) is 0.0556. The first-order valence-electron chi connectivity index (χ1n) is 7.46. The fourth-order valence-corrected chi connectivity index (χ4v) is 2.65. The van der Waals surface area contributed by atoms with Gasteiger partial charge in [-0.05, 0) is 24.3 Å². The minimum Gasteiger partial charge on any atom is -0.493 e. The molecule has 2 aromatic carbocycles. The van der Waals surface area contributed by atoms with E-state index in [1.165, 1.54) is 19.6 Å². The molecule has 1 N–H and O–H groups in total. The molecule has 0 fully saturated rings. The van der Waals surface area contributed by atoms with Crippen molar-refractivity contribution in [3.63, 3.8) is 0 Å². The van der Waals surface area contributed by atoms with Crippen molar-refractivity contribution in [2.24, 2.45) is 0 Å². The Labute approximate surface area is 159 Å². The summed E-state index contributed by atoms with van der Waals surface area (Å²) in [5, 5.41) is 3.28. The molecule has 8 heteroatoms. The van der Waals surface area contributed by atoms with Gasteiger partial charge in [-0.3, -0.25) is 4.79 Å². The van der Waals surface area contributed by atoms with E-state index in [2.05, 4.69) is 15.3 Å². The molecule has 1 heterocycles. The minimum atomic E-state index is -0.509. The summed E-state index contributed by atoms with van der Waals surface area (Å²) < 4.78 is 11.0. The van der Waals surface area contributed by atoms with Gasteiger partial charge >= 0.3 is 0 Å². The second kappa shape index (κ2) is 8.03. The average molecular weight is 390 g/mol. The summed E-state index contributed by atoms with van der Waals surface area (Å²) in [5.74, 6) is 0.487. The van der Waals surface area contributed by atoms with Crippen LogP contribution in [-0.2, 0) is 0 Å². The zero-order valence-corrected chi connectivity index (χ0v) is 15.1. The Balaban J connectivity index is 1.91. The van der Waals surface area contributed by atoms with Gasteiger partial charge in [-0.2, -0.15) is 0 Å². The molecule has 0 aliphatic heterocycles. The highest BCUT2D eigenvalue weighted by atomic mass is 35.5. The zero-order chi connectivity index (χ0) is 18.5. The molecule has 0 saturated heterocycles. The van der Waals surface area contributed by atoms with Crippen LogP contribution in [0, 0.1) is 0 Å². The first kappa shape index (κ1) is 18.0. The number of carbonyl (C=O) groups is 1. The second-order valence-corrected chi connectivity index (χ2v) is 5.86. The molecule has 0 bridgehead atoms. The SMILES string of the molecule is COc1ccccc1Oc1ncncc1C(=O)Nc1c(Cl)cccc1Cl. The third kappa shape index (κ3) is 3.87. The summed E-state index contributed by atoms with van der Waals surface area (Å²) in [6.45, 7) is 0. The van der Waals surface area contributed by atoms with E-state index >= 15 is 0 Å². The second-order valence-electron chi connectivity index (χ2n) is 5.05. The molecule has 26 heavy (non-hydrogen) atoms. The van der Waals surface area contributed by atoms with Crippen LogP contribution in [0.25, 0.3) is 0 Å². The Morgan fingerprint density at radius 1 is 1.04 bits per heavy atom. The maximum absolute atomic E-state index is 12.7. The molecular weight excluding hydrogens is 377 g/mol. The van der Waals surface area contributed by atoms with E-state index in [-0.39, 0.29) is 11.4 Å². The number of aromatic nitrogens is 2. The van der Waals surface area contributed by atoms with Gasteiger partial charge in [0.05, 0.1) is 22.8 Å². The number of amides is 1. The van der Waals surface area contributed by atoms with Gasteiger partial charge in [0.2, 0.25) is 5.88 Å². The van der Waals surface area contributed by atoms with Crippen LogP contribution in [0.4, 0.5) is 5.69 Å². The van der Waals surface area contributed by atoms with E-state index in [1.807, 2.05) is 0 Å². The lowest BCUT2D eigenvalue weighted by atomic mass is 10.2. The first-order chi connectivity index (χ1) is 12.6. The normalized spacial score (nSPS) is 10.3. The Morgan fingerprint density at radius 3 is 2.42 bits per heavy atom. The van der Waals surface area contributed by atoms with Crippen molar-refractivity contribution in [2.45, 2.75) is 0 Å². The van der Waals surface area contributed by atoms with Gasteiger partial charge in [-0.15, -0.1) is 0 Å². The molecule has 0 atom stereocenters. The Morgan fingerprint density at radius 2 is 1.73 bits per heavy atom. The van der Waals surface area contributed by atoms with Crippen LogP contribution >= 0.6 is 23.2 Å². The smallest absolute Gasteiger partial charge is 0.262 e. The van der Waals surface area contributed by atoms with Crippen LogP contribution < -0.4 is 14.8 Å². The third-order valence-electron chi connectivity index (χ3n) is 3.40. The van der Waals surface area contributed by atoms with Crippen molar-refractivity contribution in [3.8, 4) is 17.4 Å². The third-order valence-corrected chi connectivity index (χ3v) is 4.03. The molecule has 3 rings (SSSR count). The van der Waals surface area contributed by atoms with Gasteiger partial charge in [-0.1, -0.05) is 41.4 Å². The van der Waals surface area contributed by atoms with Gasteiger partial charge in [-0.25, -0.2) is 9.97 Å². The van der Waals surface area contributed by atoms with Crippen LogP contribution in [-0.4, -0.2) is 23.0 Å². The number of para-hydroxylation sites is 3. The van der Waals surface area contributed by atoms with Gasteiger partial charge in [0.25, 0.3) is 5.91 Å². The molecule has 0 unspecified atom stereocenters. The van der Waals surface area contributed by atoms with Gasteiger partial charge in [0.15, 0.2) is 11.5 Å². The number of hydrogen-bond donors (Lipinski definition) is 1. The fourth-order valence-electron chi connectivity index (χ4n) is 2.16. The van der Waals surface area contributed by atoms with Crippen molar-refractivity contribution in [3.05, 3.63) is 70.6 Å². The van der Waals surface area contributed by atoms with Crippen LogP contribution in [0.2, 0.25) is 10.0 Å². The van der Waals surface area contributed by atoms with Gasteiger partial charge in [0, 0.05) is 6.20 Å². The first-order valence-corrected chi connectivity index (χ1v) is 8.22. The molecule has 132 valence electrons. The standard InChI is InChI=1S/C18H13Cl2N3O3/c1-25-14-7-2-3-8-15(14)26-18-11(9-21-10-22-18)17(24)23-16-12(19)5-4-6-13(16)20/h2-10H,1H3,(H,23,24). The number of ether oxygens (including phenoxy) is 2. The molecular formula is C18H13Cl2N3O3. The highest BCUT2D eigenvalue weighted by Crippen LogP contribution is 2.33. The minimum absolute atomic E-state index is 0.0742. The molecule has 0 spiro atoms. The summed E-state index contributed by atoms with van der Waals surface area (Å²) in [7, 11) is 1.52. The molecule has 3 aromatic rings. The number of methoxy groups -OCH3 is 1. The lowest BCUT2D eigenvalue weighted by Crippen LogP contribution is -2.14. The number of benzene rings is 2. The van der Waals surface area contributed by atoms with E-state index in [4.69, 9.17) is 32.7 Å². The maximum Gasteiger partial charge on any atom is 0.262 e. The molecule has 0 radical (unpaired) electrons. The Hall–Kier alpha value is -2.83. The summed E-state index contributed by atoms with van der Waals surface area (Å²) in [6.07, 6.45) is 2.63. The Kier molecular flexibility index (Phi) is 5.55. The number of nitrogens with one attached hydrogen (secondary N) is 1. The van der Waals surface area contributed by atoms with E-state index in [1.54, 1.807) is 42.5 Å². The topological polar surface area (TPSA) is 73.3 Å². The number of halogens is 2. The van der Waals surface area contributed by atoms with Crippen LogP contribution in [0.3, 0.4) is 0 Å². The number of carbonyl (C=O) groups excluding carboxylic acids is 1. The van der Waals surface area contributed by atoms with E-state index in [9.17, 15) is 4.79 Å². The molecule has 0 aliphatic carbocycles. The van der Waals surface area contributed by atoms with Crippen molar-refractivity contribution < 1.29 is 14.3 Å². The van der Waals surface area contributed by atoms with Crippen LogP contribution in [0.5, 0.6) is 17.4 Å². The van der Waals surface area contributed by atoms with Crippen LogP contribution in [0.15, 0.2) is 55.0 Å². The van der Waals surface area contributed by atoms with Gasteiger partial charge in [0.1, 0.15) is 11.9 Å². The molecule has 1 amide bonds. The highest BCUT2D eigenvalue weighted by molar-refractivity contribution is 6.40. The van der Waals surface area contributed by atoms with E-state index in [0.717, 1.165) is 0 Å². The van der Waals surface area contributed by atoms with Crippen molar-refractivity contribution >= 4 is 34.8 Å². The predicted octanol–water partition coefficient (Wildman–Crippen LogP) is 4.84. The Bertz CT molecular complexity index is 930. The average Bonchev–Trinajstić information content (AvgIpc) is 2.65. The summed E-state index contributed by atoms with van der Waals surface area (Å²) in [5.41, 5.74) is 0.419. The number of nitrogens with zero attached hydrogens (tertiary/aromatic N) is 2. The van der Waals surface area contributed by atoms with Crippen molar-refractivity contribution in [2.75, 3.05) is 12.4 Å². The lowest BCUT2D eigenvalue weighted by molar-refractivity contribution is 0.102. The monoisotopic (exact) mass is 389 g/mol. The van der Waals surface area contributed by atoms with Gasteiger partial charge < -0.3 is 14.8 Å². The number of rotatable bonds is 5. The van der Waals surface area contributed by atoms with E-state index in [0.29, 0.717) is 27.2 Å². The summed E-state index contributed by atoms with van der Waals surface area (Å²) in [4.78, 5) is 20.6. The number of hydrogen-bond acceptors (Lipinski definition) is 5. The molecule has 6 nitrogen and oxygen atoms in total. The van der Waals surface area contributed by atoms with Crippen molar-refractivity contribution in [1.82, 2.24) is 9.97 Å². The summed E-state index contributed by atoms with van der Waals surface area (Å²) >= 11 is 12.2. The van der Waals surface area contributed by atoms with Crippen molar-refractivity contribution in [1.29, 1.82) is 0 Å². The molecule has 0 saturated carbocycles. The molecule has 0 aliphatic rings. The van der Waals surface area contributed by atoms with E-state index < -0.39 is 5.91 Å². The molecule has 1 aromatic heterocycles. The predicted molar refractivity (Wildman–Crippen MR) is 99.5 cm³/mol. The quantitative estimate of drug-likeness (QED) is 0.675. The maximum atomic E-state index is 12.7.